The first-order chi connectivity index (χ1) is 9.49. The van der Waals surface area contributed by atoms with Gasteiger partial charge in [-0.25, -0.2) is 13.1 Å². The first-order valence-corrected chi connectivity index (χ1v) is 10.4. The van der Waals surface area contributed by atoms with Crippen LogP contribution in [0.5, 0.6) is 0 Å². The Morgan fingerprint density at radius 3 is 2.80 bits per heavy atom. The van der Waals surface area contributed by atoms with Crippen LogP contribution in [0.15, 0.2) is 15.7 Å². The van der Waals surface area contributed by atoms with Crippen LogP contribution >= 0.6 is 23.1 Å². The van der Waals surface area contributed by atoms with Crippen LogP contribution in [0.25, 0.3) is 0 Å². The summed E-state index contributed by atoms with van der Waals surface area (Å²) in [6.07, 6.45) is 3.95. The standard InChI is InChI=1S/C13H24N2O2S3/c1-4-6-14-9-12-8-13(19-10-12)20(16,17)15-7-5-11(2)18-3/h8,10-11,14-15H,4-7,9H2,1-3H3. The summed E-state index contributed by atoms with van der Waals surface area (Å²) in [6.45, 7) is 6.37. The van der Waals surface area contributed by atoms with E-state index in [2.05, 4.69) is 23.9 Å². The van der Waals surface area contributed by atoms with Gasteiger partial charge < -0.3 is 5.32 Å². The molecular formula is C13H24N2O2S3. The van der Waals surface area contributed by atoms with Gasteiger partial charge in [0, 0.05) is 18.3 Å². The fraction of sp³-hybridized carbons (Fsp3) is 0.692. The van der Waals surface area contributed by atoms with Gasteiger partial charge in [-0.15, -0.1) is 11.3 Å². The van der Waals surface area contributed by atoms with E-state index in [-0.39, 0.29) is 0 Å². The van der Waals surface area contributed by atoms with Gasteiger partial charge in [-0.2, -0.15) is 11.8 Å². The van der Waals surface area contributed by atoms with Gasteiger partial charge in [-0.1, -0.05) is 13.8 Å². The van der Waals surface area contributed by atoms with Crippen molar-refractivity contribution in [3.63, 3.8) is 0 Å². The van der Waals surface area contributed by atoms with Gasteiger partial charge in [-0.3, -0.25) is 0 Å². The molecule has 0 fully saturated rings. The zero-order chi connectivity index (χ0) is 15.0. The molecule has 0 aromatic carbocycles. The fourth-order valence-corrected chi connectivity index (χ4v) is 4.24. The Kier molecular flexibility index (Phi) is 8.13. The van der Waals surface area contributed by atoms with E-state index < -0.39 is 10.0 Å². The van der Waals surface area contributed by atoms with Crippen molar-refractivity contribution in [2.24, 2.45) is 0 Å². The zero-order valence-electron chi connectivity index (χ0n) is 12.3. The molecular weight excluding hydrogens is 312 g/mol. The molecule has 1 aromatic rings. The van der Waals surface area contributed by atoms with E-state index >= 15 is 0 Å². The highest BCUT2D eigenvalue weighted by molar-refractivity contribution is 7.99. The normalized spacial score (nSPS) is 13.6. The number of thioether (sulfide) groups is 1. The van der Waals surface area contributed by atoms with Gasteiger partial charge in [0.25, 0.3) is 0 Å². The predicted octanol–water partition coefficient (Wildman–Crippen LogP) is 2.67. The molecule has 1 unspecified atom stereocenters. The molecule has 0 amide bonds. The molecule has 1 aromatic heterocycles. The summed E-state index contributed by atoms with van der Waals surface area (Å²) in [5.74, 6) is 0. The van der Waals surface area contributed by atoms with Crippen LogP contribution in [0, 0.1) is 0 Å². The molecule has 0 aliphatic heterocycles. The summed E-state index contributed by atoms with van der Waals surface area (Å²) in [5.41, 5.74) is 1.03. The molecule has 4 nitrogen and oxygen atoms in total. The minimum atomic E-state index is -3.34. The lowest BCUT2D eigenvalue weighted by atomic mass is 10.3. The van der Waals surface area contributed by atoms with Crippen LogP contribution in [0.4, 0.5) is 0 Å². The van der Waals surface area contributed by atoms with Crippen molar-refractivity contribution in [3.8, 4) is 0 Å². The van der Waals surface area contributed by atoms with E-state index in [1.165, 1.54) is 11.3 Å². The Balaban J connectivity index is 2.50. The van der Waals surface area contributed by atoms with Gasteiger partial charge in [0.05, 0.1) is 0 Å². The Morgan fingerprint density at radius 2 is 2.15 bits per heavy atom. The Bertz CT molecular complexity index is 486. The largest absolute Gasteiger partial charge is 0.313 e. The quantitative estimate of drug-likeness (QED) is 0.645. The molecule has 0 spiro atoms. The maximum absolute atomic E-state index is 12.1. The monoisotopic (exact) mass is 336 g/mol. The molecule has 1 atom stereocenters. The number of hydrogen-bond acceptors (Lipinski definition) is 5. The van der Waals surface area contributed by atoms with Crippen LogP contribution < -0.4 is 10.0 Å². The first-order valence-electron chi connectivity index (χ1n) is 6.80. The molecule has 0 aliphatic carbocycles. The van der Waals surface area contributed by atoms with E-state index in [1.807, 2.05) is 11.6 Å². The maximum Gasteiger partial charge on any atom is 0.250 e. The Morgan fingerprint density at radius 1 is 1.40 bits per heavy atom. The van der Waals surface area contributed by atoms with Gasteiger partial charge in [0.2, 0.25) is 10.0 Å². The van der Waals surface area contributed by atoms with Gasteiger partial charge in [0.15, 0.2) is 0 Å². The third-order valence-electron chi connectivity index (χ3n) is 2.90. The maximum atomic E-state index is 12.1. The number of rotatable bonds is 10. The summed E-state index contributed by atoms with van der Waals surface area (Å²) in [5, 5.41) is 5.64. The van der Waals surface area contributed by atoms with Crippen molar-refractivity contribution in [2.75, 3.05) is 19.3 Å². The van der Waals surface area contributed by atoms with E-state index in [0.29, 0.717) is 16.0 Å². The summed E-state index contributed by atoms with van der Waals surface area (Å²) >= 11 is 3.03. The average molecular weight is 337 g/mol. The highest BCUT2D eigenvalue weighted by Crippen LogP contribution is 2.20. The lowest BCUT2D eigenvalue weighted by Gasteiger charge is -2.08. The van der Waals surface area contributed by atoms with Crippen molar-refractivity contribution in [3.05, 3.63) is 17.0 Å². The summed E-state index contributed by atoms with van der Waals surface area (Å²) in [6, 6.07) is 1.76. The third kappa shape index (κ3) is 6.13. The predicted molar refractivity (Wildman–Crippen MR) is 89.1 cm³/mol. The van der Waals surface area contributed by atoms with E-state index in [1.54, 1.807) is 17.8 Å². The first kappa shape index (κ1) is 18.0. The smallest absolute Gasteiger partial charge is 0.250 e. The van der Waals surface area contributed by atoms with Gasteiger partial charge in [0.1, 0.15) is 4.21 Å². The Labute approximate surface area is 130 Å². The molecule has 7 heteroatoms. The number of hydrogen-bond donors (Lipinski definition) is 2. The third-order valence-corrected chi connectivity index (χ3v) is 6.89. The SMILES string of the molecule is CCCNCc1csc(S(=O)(=O)NCCC(C)SC)c1. The van der Waals surface area contributed by atoms with Crippen LogP contribution in [-0.2, 0) is 16.6 Å². The second-order valence-corrected chi connectivity index (χ2v) is 8.86. The molecule has 116 valence electrons. The van der Waals surface area contributed by atoms with Crippen LogP contribution in [0.3, 0.4) is 0 Å². The topological polar surface area (TPSA) is 58.2 Å². The minimum Gasteiger partial charge on any atom is -0.313 e. The second kappa shape index (κ2) is 9.04. The second-order valence-electron chi connectivity index (χ2n) is 4.68. The van der Waals surface area contributed by atoms with Crippen molar-refractivity contribution in [2.45, 2.75) is 42.7 Å². The summed E-state index contributed by atoms with van der Waals surface area (Å²) in [4.78, 5) is 0. The molecule has 2 N–H and O–H groups in total. The van der Waals surface area contributed by atoms with E-state index in [9.17, 15) is 8.42 Å². The van der Waals surface area contributed by atoms with Crippen molar-refractivity contribution >= 4 is 33.1 Å². The van der Waals surface area contributed by atoms with Gasteiger partial charge in [-0.05, 0) is 42.7 Å². The van der Waals surface area contributed by atoms with E-state index in [0.717, 1.165) is 31.5 Å². The van der Waals surface area contributed by atoms with Gasteiger partial charge >= 0.3 is 0 Å². The van der Waals surface area contributed by atoms with Crippen molar-refractivity contribution in [1.82, 2.24) is 10.0 Å². The number of sulfonamides is 1. The zero-order valence-corrected chi connectivity index (χ0v) is 14.8. The molecule has 0 saturated heterocycles. The summed E-state index contributed by atoms with van der Waals surface area (Å²) in [7, 11) is -3.34. The molecule has 0 radical (unpaired) electrons. The van der Waals surface area contributed by atoms with Crippen molar-refractivity contribution in [1.29, 1.82) is 0 Å². The summed E-state index contributed by atoms with van der Waals surface area (Å²) < 4.78 is 27.3. The highest BCUT2D eigenvalue weighted by Gasteiger charge is 2.16. The Hall–Kier alpha value is -0.0800. The van der Waals surface area contributed by atoms with E-state index in [4.69, 9.17) is 0 Å². The van der Waals surface area contributed by atoms with Crippen LogP contribution in [0.2, 0.25) is 0 Å². The average Bonchev–Trinajstić information content (AvgIpc) is 2.88. The number of nitrogens with one attached hydrogen (secondary N) is 2. The molecule has 0 bridgehead atoms. The highest BCUT2D eigenvalue weighted by atomic mass is 32.2. The van der Waals surface area contributed by atoms with Crippen LogP contribution in [-0.4, -0.2) is 33.0 Å². The van der Waals surface area contributed by atoms with Crippen LogP contribution in [0.1, 0.15) is 32.3 Å². The molecule has 0 aliphatic rings. The fourth-order valence-electron chi connectivity index (χ4n) is 1.58. The molecule has 20 heavy (non-hydrogen) atoms. The lowest BCUT2D eigenvalue weighted by Crippen LogP contribution is -2.25. The number of thiophene rings is 1. The molecule has 0 saturated carbocycles. The molecule has 1 heterocycles. The lowest BCUT2D eigenvalue weighted by molar-refractivity contribution is 0.581. The minimum absolute atomic E-state index is 0.405. The molecule has 1 rings (SSSR count). The van der Waals surface area contributed by atoms with Crippen molar-refractivity contribution < 1.29 is 8.42 Å².